The van der Waals surface area contributed by atoms with E-state index in [2.05, 4.69) is 34.8 Å². The highest BCUT2D eigenvalue weighted by molar-refractivity contribution is 5.75. The number of hydrogen-bond acceptors (Lipinski definition) is 4. The Bertz CT molecular complexity index is 411. The minimum Gasteiger partial charge on any atom is -0.354 e. The minimum absolute atomic E-state index is 0.0175. The molecule has 6 heteroatoms. The van der Waals surface area contributed by atoms with E-state index in [9.17, 15) is 4.79 Å². The number of rotatable bonds is 8. The lowest BCUT2D eigenvalue weighted by Crippen LogP contribution is -2.30. The Morgan fingerprint density at radius 3 is 3.00 bits per heavy atom. The number of nitrogens with zero attached hydrogens (tertiary/aromatic N) is 3. The average molecular weight is 265 g/mol. The first-order valence-corrected chi connectivity index (χ1v) is 7.00. The highest BCUT2D eigenvalue weighted by Crippen LogP contribution is 2.27. The van der Waals surface area contributed by atoms with Gasteiger partial charge in [-0.3, -0.25) is 4.79 Å². The first-order chi connectivity index (χ1) is 9.13. The monoisotopic (exact) mass is 265 g/mol. The van der Waals surface area contributed by atoms with Crippen molar-refractivity contribution in [2.24, 2.45) is 11.8 Å². The second-order valence-electron chi connectivity index (χ2n) is 5.68. The van der Waals surface area contributed by atoms with Crippen LogP contribution in [0, 0.1) is 11.8 Å². The van der Waals surface area contributed by atoms with E-state index in [-0.39, 0.29) is 12.5 Å². The van der Waals surface area contributed by atoms with Crippen LogP contribution in [-0.2, 0) is 17.9 Å². The van der Waals surface area contributed by atoms with Gasteiger partial charge in [0.05, 0.1) is 11.9 Å². The fraction of sp³-hybridized carbons (Fsp3) is 0.769. The zero-order valence-electron chi connectivity index (χ0n) is 11.7. The van der Waals surface area contributed by atoms with Gasteiger partial charge in [0.25, 0.3) is 0 Å². The molecular weight excluding hydrogens is 242 g/mol. The summed E-state index contributed by atoms with van der Waals surface area (Å²) in [5.41, 5.74) is 0.886. The Balaban J connectivity index is 1.68. The number of aromatic nitrogens is 3. The van der Waals surface area contributed by atoms with Crippen molar-refractivity contribution in [3.8, 4) is 0 Å². The van der Waals surface area contributed by atoms with Gasteiger partial charge in [0.1, 0.15) is 6.54 Å². The normalized spacial score (nSPS) is 14.9. The molecule has 6 nitrogen and oxygen atoms in total. The summed E-state index contributed by atoms with van der Waals surface area (Å²) in [4.78, 5) is 11.6. The number of carbonyl (C=O) groups excluding carboxylic acids is 1. The molecule has 1 aromatic rings. The molecule has 1 amide bonds. The van der Waals surface area contributed by atoms with Gasteiger partial charge in [-0.2, -0.15) is 0 Å². The maximum absolute atomic E-state index is 11.6. The quantitative estimate of drug-likeness (QED) is 0.720. The Morgan fingerprint density at radius 2 is 2.32 bits per heavy atom. The summed E-state index contributed by atoms with van der Waals surface area (Å²) in [5.74, 6) is 1.30. The highest BCUT2D eigenvalue weighted by atomic mass is 16.2. The topological polar surface area (TPSA) is 71.8 Å². The third kappa shape index (κ3) is 5.38. The fourth-order valence-electron chi connectivity index (χ4n) is 1.74. The minimum atomic E-state index is -0.0175. The van der Waals surface area contributed by atoms with Crippen molar-refractivity contribution in [2.45, 2.75) is 39.8 Å². The number of carbonyl (C=O) groups is 1. The molecule has 0 aliphatic heterocycles. The summed E-state index contributed by atoms with van der Waals surface area (Å²) < 4.78 is 1.59. The predicted octanol–water partition coefficient (Wildman–Crippen LogP) is 0.550. The zero-order chi connectivity index (χ0) is 13.7. The van der Waals surface area contributed by atoms with Crippen LogP contribution in [0.25, 0.3) is 0 Å². The maximum atomic E-state index is 11.6. The van der Waals surface area contributed by atoms with Crippen molar-refractivity contribution in [2.75, 3.05) is 13.1 Å². The largest absolute Gasteiger partial charge is 0.354 e. The Kier molecular flexibility index (Phi) is 4.90. The Hall–Kier alpha value is -1.43. The van der Waals surface area contributed by atoms with E-state index in [1.165, 1.54) is 12.8 Å². The van der Waals surface area contributed by atoms with Crippen molar-refractivity contribution in [3.05, 3.63) is 11.9 Å². The van der Waals surface area contributed by atoms with Crippen LogP contribution in [0.5, 0.6) is 0 Å². The molecule has 2 N–H and O–H groups in total. The molecular formula is C13H23N5O. The summed E-state index contributed by atoms with van der Waals surface area (Å²) in [5, 5.41) is 14.2. The molecule has 1 heterocycles. The molecule has 0 unspecified atom stereocenters. The van der Waals surface area contributed by atoms with Crippen LogP contribution in [0.4, 0.5) is 0 Å². The van der Waals surface area contributed by atoms with Gasteiger partial charge in [0.2, 0.25) is 5.91 Å². The molecule has 0 bridgehead atoms. The van der Waals surface area contributed by atoms with Crippen molar-refractivity contribution < 1.29 is 4.79 Å². The van der Waals surface area contributed by atoms with E-state index in [0.29, 0.717) is 12.5 Å². The molecule has 1 aliphatic rings. The van der Waals surface area contributed by atoms with Gasteiger partial charge in [-0.25, -0.2) is 4.68 Å². The lowest BCUT2D eigenvalue weighted by atomic mass is 10.2. The molecule has 0 saturated heterocycles. The third-order valence-electron chi connectivity index (χ3n) is 3.04. The van der Waals surface area contributed by atoms with E-state index < -0.39 is 0 Å². The summed E-state index contributed by atoms with van der Waals surface area (Å²) in [6.45, 7) is 6.86. The van der Waals surface area contributed by atoms with Gasteiger partial charge in [-0.05, 0) is 31.2 Å². The summed E-state index contributed by atoms with van der Waals surface area (Å²) in [7, 11) is 0. The van der Waals surface area contributed by atoms with Gasteiger partial charge in [0.15, 0.2) is 0 Å². The number of nitrogens with one attached hydrogen (secondary N) is 2. The molecule has 0 radical (unpaired) electrons. The summed E-state index contributed by atoms with van der Waals surface area (Å²) in [6.07, 6.45) is 4.51. The van der Waals surface area contributed by atoms with E-state index >= 15 is 0 Å². The molecule has 0 atom stereocenters. The second kappa shape index (κ2) is 6.65. The van der Waals surface area contributed by atoms with Crippen LogP contribution >= 0.6 is 0 Å². The van der Waals surface area contributed by atoms with Crippen LogP contribution in [0.2, 0.25) is 0 Å². The molecule has 1 fully saturated rings. The van der Waals surface area contributed by atoms with Gasteiger partial charge >= 0.3 is 0 Å². The van der Waals surface area contributed by atoms with Gasteiger partial charge in [-0.1, -0.05) is 19.1 Å². The van der Waals surface area contributed by atoms with Crippen molar-refractivity contribution >= 4 is 5.91 Å². The fourth-order valence-corrected chi connectivity index (χ4v) is 1.74. The molecule has 2 rings (SSSR count). The standard InChI is InChI=1S/C13H23N5O/c1-10(2)5-15-13(19)9-18-8-12(16-17-18)7-14-6-11-3-4-11/h8,10-11,14H,3-7,9H2,1-2H3,(H,15,19). The second-order valence-corrected chi connectivity index (χ2v) is 5.68. The summed E-state index contributed by atoms with van der Waals surface area (Å²) >= 11 is 0. The van der Waals surface area contributed by atoms with E-state index in [1.54, 1.807) is 4.68 Å². The molecule has 0 spiro atoms. The average Bonchev–Trinajstić information content (AvgIpc) is 3.07. The van der Waals surface area contributed by atoms with Crippen LogP contribution in [0.3, 0.4) is 0 Å². The van der Waals surface area contributed by atoms with Gasteiger partial charge in [-0.15, -0.1) is 5.10 Å². The summed E-state index contributed by atoms with van der Waals surface area (Å²) in [6, 6.07) is 0. The van der Waals surface area contributed by atoms with Crippen LogP contribution in [-0.4, -0.2) is 34.0 Å². The highest BCUT2D eigenvalue weighted by Gasteiger charge is 2.20. The first kappa shape index (κ1) is 14.0. The van der Waals surface area contributed by atoms with E-state index in [4.69, 9.17) is 0 Å². The van der Waals surface area contributed by atoms with Crippen LogP contribution in [0.15, 0.2) is 6.20 Å². The number of hydrogen-bond donors (Lipinski definition) is 2. The van der Waals surface area contributed by atoms with E-state index in [1.807, 2.05) is 6.20 Å². The molecule has 106 valence electrons. The third-order valence-corrected chi connectivity index (χ3v) is 3.04. The Labute approximate surface area is 113 Å². The SMILES string of the molecule is CC(C)CNC(=O)Cn1cc(CNCC2CC2)nn1. The van der Waals surface area contributed by atoms with Crippen LogP contribution in [0.1, 0.15) is 32.4 Å². The van der Waals surface area contributed by atoms with Gasteiger partial charge in [0, 0.05) is 13.1 Å². The molecule has 0 aromatic carbocycles. The predicted molar refractivity (Wildman–Crippen MR) is 72.3 cm³/mol. The maximum Gasteiger partial charge on any atom is 0.241 e. The van der Waals surface area contributed by atoms with Gasteiger partial charge < -0.3 is 10.6 Å². The lowest BCUT2D eigenvalue weighted by molar-refractivity contribution is -0.122. The molecule has 1 aromatic heterocycles. The zero-order valence-corrected chi connectivity index (χ0v) is 11.7. The molecule has 1 aliphatic carbocycles. The van der Waals surface area contributed by atoms with E-state index in [0.717, 1.165) is 24.7 Å². The lowest BCUT2D eigenvalue weighted by Gasteiger charge is -2.06. The van der Waals surface area contributed by atoms with Crippen LogP contribution < -0.4 is 10.6 Å². The van der Waals surface area contributed by atoms with Crippen molar-refractivity contribution in [3.63, 3.8) is 0 Å². The smallest absolute Gasteiger partial charge is 0.241 e. The molecule has 19 heavy (non-hydrogen) atoms. The molecule has 1 saturated carbocycles. The van der Waals surface area contributed by atoms with Crippen molar-refractivity contribution in [1.82, 2.24) is 25.6 Å². The van der Waals surface area contributed by atoms with Crippen molar-refractivity contribution in [1.29, 1.82) is 0 Å². The first-order valence-electron chi connectivity index (χ1n) is 7.00. The number of amides is 1. The Morgan fingerprint density at radius 1 is 1.53 bits per heavy atom.